The Hall–Kier alpha value is -4.58. The topological polar surface area (TPSA) is 139 Å². The van der Waals surface area contributed by atoms with Crippen molar-refractivity contribution in [2.45, 2.75) is 32.1 Å². The molecule has 0 saturated carbocycles. The molecular formula is C31H30N6O5. The van der Waals surface area contributed by atoms with Crippen molar-refractivity contribution in [3.63, 3.8) is 0 Å². The molecule has 11 heteroatoms. The summed E-state index contributed by atoms with van der Waals surface area (Å²) in [7, 11) is 0. The molecule has 214 valence electrons. The Morgan fingerprint density at radius 3 is 2.71 bits per heavy atom. The fourth-order valence-corrected chi connectivity index (χ4v) is 5.50. The summed E-state index contributed by atoms with van der Waals surface area (Å²) in [4.78, 5) is 32.4. The maximum atomic E-state index is 13.8. The van der Waals surface area contributed by atoms with Gasteiger partial charge in [-0.3, -0.25) is 4.79 Å². The molecule has 2 aromatic carbocycles. The number of hydrogen-bond acceptors (Lipinski definition) is 8. The number of nitrogens with one attached hydrogen (secondary N) is 1. The second kappa shape index (κ2) is 10.1. The summed E-state index contributed by atoms with van der Waals surface area (Å²) in [6.45, 7) is 4.96. The number of benzene rings is 2. The zero-order valence-corrected chi connectivity index (χ0v) is 23.2. The van der Waals surface area contributed by atoms with Crippen LogP contribution >= 0.6 is 0 Å². The predicted molar refractivity (Wildman–Crippen MR) is 155 cm³/mol. The van der Waals surface area contributed by atoms with Crippen molar-refractivity contribution in [2.24, 2.45) is 0 Å². The molecule has 11 nitrogen and oxygen atoms in total. The zero-order chi connectivity index (χ0) is 29.0. The van der Waals surface area contributed by atoms with Crippen LogP contribution in [0.15, 0.2) is 61.3 Å². The lowest BCUT2D eigenvalue weighted by Gasteiger charge is -2.26. The monoisotopic (exact) mass is 566 g/mol. The number of hydrogen-bond donors (Lipinski definition) is 3. The Kier molecular flexibility index (Phi) is 6.30. The van der Waals surface area contributed by atoms with E-state index in [4.69, 9.17) is 9.47 Å². The van der Waals surface area contributed by atoms with Gasteiger partial charge in [0.1, 0.15) is 30.0 Å². The van der Waals surface area contributed by atoms with Gasteiger partial charge in [-0.2, -0.15) is 0 Å². The molecule has 1 fully saturated rings. The molecule has 2 aliphatic heterocycles. The number of carbonyl (C=O) groups excluding carboxylic acids is 1. The van der Waals surface area contributed by atoms with Gasteiger partial charge in [0.05, 0.1) is 67.0 Å². The Morgan fingerprint density at radius 2 is 1.95 bits per heavy atom. The number of imidazole rings is 1. The lowest BCUT2D eigenvalue weighted by Crippen LogP contribution is -2.33. The third kappa shape index (κ3) is 4.42. The van der Waals surface area contributed by atoms with Gasteiger partial charge in [0.2, 0.25) is 0 Å². The summed E-state index contributed by atoms with van der Waals surface area (Å²) in [5.41, 5.74) is 4.67. The van der Waals surface area contributed by atoms with E-state index < -0.39 is 5.60 Å². The van der Waals surface area contributed by atoms with Crippen molar-refractivity contribution in [3.8, 4) is 28.4 Å². The van der Waals surface area contributed by atoms with Crippen LogP contribution in [0.4, 0.5) is 5.69 Å². The van der Waals surface area contributed by atoms with Gasteiger partial charge < -0.3 is 34.1 Å². The number of aromatic amines is 1. The SMILES string of the molecule is CC(C)(O)c1ccc2c(c1)OCCN(c1cccc(-c3ncnc4[nH]c(-c5cn(C6COC6)cn5)cc34)c1CO)C2=O. The number of nitrogens with zero attached hydrogens (tertiary/aromatic N) is 5. The Morgan fingerprint density at radius 1 is 1.10 bits per heavy atom. The molecule has 0 bridgehead atoms. The minimum Gasteiger partial charge on any atom is -0.491 e. The number of anilines is 1. The highest BCUT2D eigenvalue weighted by atomic mass is 16.5. The average molecular weight is 567 g/mol. The van der Waals surface area contributed by atoms with E-state index in [9.17, 15) is 15.0 Å². The lowest BCUT2D eigenvalue weighted by molar-refractivity contribution is -0.0233. The molecule has 1 amide bonds. The number of aromatic nitrogens is 5. The largest absolute Gasteiger partial charge is 0.491 e. The van der Waals surface area contributed by atoms with E-state index in [0.717, 1.165) is 16.8 Å². The first-order chi connectivity index (χ1) is 20.3. The summed E-state index contributed by atoms with van der Waals surface area (Å²) in [6.07, 6.45) is 5.27. The average Bonchev–Trinajstić information content (AvgIpc) is 3.57. The molecule has 0 atom stereocenters. The summed E-state index contributed by atoms with van der Waals surface area (Å²) >= 11 is 0. The molecule has 3 aromatic heterocycles. The molecule has 5 aromatic rings. The molecular weight excluding hydrogens is 536 g/mol. The van der Waals surface area contributed by atoms with Crippen LogP contribution in [-0.2, 0) is 16.9 Å². The Labute approximate surface area is 241 Å². The second-order valence-electron chi connectivity index (χ2n) is 11.1. The quantitative estimate of drug-likeness (QED) is 0.282. The number of ether oxygens (including phenoxy) is 2. The smallest absolute Gasteiger partial charge is 0.262 e. The van der Waals surface area contributed by atoms with Gasteiger partial charge in [0, 0.05) is 22.7 Å². The van der Waals surface area contributed by atoms with E-state index in [2.05, 4.69) is 24.5 Å². The van der Waals surface area contributed by atoms with Crippen LogP contribution in [0.25, 0.3) is 33.7 Å². The van der Waals surface area contributed by atoms with Gasteiger partial charge in [-0.15, -0.1) is 0 Å². The molecule has 0 radical (unpaired) electrons. The highest BCUT2D eigenvalue weighted by Gasteiger charge is 2.29. The first-order valence-electron chi connectivity index (χ1n) is 13.8. The molecule has 3 N–H and O–H groups in total. The van der Waals surface area contributed by atoms with Crippen LogP contribution in [0.3, 0.4) is 0 Å². The van der Waals surface area contributed by atoms with Crippen molar-refractivity contribution in [3.05, 3.63) is 78.0 Å². The fourth-order valence-electron chi connectivity index (χ4n) is 5.50. The van der Waals surface area contributed by atoms with Crippen molar-refractivity contribution < 1.29 is 24.5 Å². The van der Waals surface area contributed by atoms with E-state index in [1.54, 1.807) is 43.3 Å². The van der Waals surface area contributed by atoms with E-state index in [-0.39, 0.29) is 25.7 Å². The molecule has 2 aliphatic rings. The van der Waals surface area contributed by atoms with E-state index in [1.165, 1.54) is 6.33 Å². The normalized spacial score (nSPS) is 15.8. The van der Waals surface area contributed by atoms with E-state index in [0.29, 0.717) is 64.3 Å². The third-order valence-electron chi connectivity index (χ3n) is 7.94. The number of aliphatic hydroxyl groups excluding tert-OH is 1. The summed E-state index contributed by atoms with van der Waals surface area (Å²) in [5.74, 6) is 0.175. The number of amides is 1. The van der Waals surface area contributed by atoms with Crippen molar-refractivity contribution >= 4 is 22.6 Å². The summed E-state index contributed by atoms with van der Waals surface area (Å²) < 4.78 is 13.3. The van der Waals surface area contributed by atoms with Crippen LogP contribution in [0.2, 0.25) is 0 Å². The van der Waals surface area contributed by atoms with Crippen molar-refractivity contribution in [1.82, 2.24) is 24.5 Å². The first kappa shape index (κ1) is 26.3. The van der Waals surface area contributed by atoms with Crippen LogP contribution in [-0.4, -0.2) is 67.0 Å². The maximum Gasteiger partial charge on any atom is 0.262 e. The Balaban J connectivity index is 1.27. The van der Waals surface area contributed by atoms with Crippen LogP contribution in [0.5, 0.6) is 5.75 Å². The molecule has 7 rings (SSSR count). The number of H-pyrrole nitrogens is 1. The molecule has 5 heterocycles. The predicted octanol–water partition coefficient (Wildman–Crippen LogP) is 3.82. The Bertz CT molecular complexity index is 1820. The lowest BCUT2D eigenvalue weighted by atomic mass is 9.96. The van der Waals surface area contributed by atoms with Gasteiger partial charge in [-0.05, 0) is 43.7 Å². The van der Waals surface area contributed by atoms with E-state index in [1.807, 2.05) is 30.5 Å². The highest BCUT2D eigenvalue weighted by molar-refractivity contribution is 6.09. The maximum absolute atomic E-state index is 13.8. The number of rotatable bonds is 6. The number of aliphatic hydroxyl groups is 2. The van der Waals surface area contributed by atoms with Crippen LogP contribution in [0, 0.1) is 0 Å². The van der Waals surface area contributed by atoms with Crippen molar-refractivity contribution in [2.75, 3.05) is 31.3 Å². The second-order valence-corrected chi connectivity index (χ2v) is 11.1. The standard InChI is InChI=1S/C31H30N6O5/c1-31(2,40)18-6-7-21-27(10-18)42-9-8-37(30(21)39)26-5-3-4-20(23(26)13-38)28-22-11-24(35-29(22)33-16-32-28)25-12-36(17-34-25)19-14-41-15-19/h3-7,10-12,16-17,19,38,40H,8-9,13-15H2,1-2H3,(H,32,33,35). The minimum atomic E-state index is -1.07. The van der Waals surface area contributed by atoms with Gasteiger partial charge in [-0.25, -0.2) is 15.0 Å². The summed E-state index contributed by atoms with van der Waals surface area (Å²) in [5, 5.41) is 21.9. The third-order valence-corrected chi connectivity index (χ3v) is 7.94. The number of fused-ring (bicyclic) bond motifs is 2. The zero-order valence-electron chi connectivity index (χ0n) is 23.2. The van der Waals surface area contributed by atoms with Gasteiger partial charge in [0.15, 0.2) is 0 Å². The molecule has 0 spiro atoms. The molecule has 0 unspecified atom stereocenters. The van der Waals surface area contributed by atoms with Gasteiger partial charge in [0.25, 0.3) is 5.91 Å². The van der Waals surface area contributed by atoms with Crippen molar-refractivity contribution in [1.29, 1.82) is 0 Å². The fraction of sp³-hybridized carbons (Fsp3) is 0.290. The highest BCUT2D eigenvalue weighted by Crippen LogP contribution is 2.37. The summed E-state index contributed by atoms with van der Waals surface area (Å²) in [6, 6.07) is 12.9. The molecule has 42 heavy (non-hydrogen) atoms. The minimum absolute atomic E-state index is 0.249. The van der Waals surface area contributed by atoms with Crippen LogP contribution in [0.1, 0.15) is 41.4 Å². The van der Waals surface area contributed by atoms with Gasteiger partial charge >= 0.3 is 0 Å². The van der Waals surface area contributed by atoms with Gasteiger partial charge in [-0.1, -0.05) is 18.2 Å². The van der Waals surface area contributed by atoms with E-state index >= 15 is 0 Å². The first-order valence-corrected chi connectivity index (χ1v) is 13.8. The molecule has 1 saturated heterocycles. The molecule has 0 aliphatic carbocycles. The van der Waals surface area contributed by atoms with Crippen LogP contribution < -0.4 is 9.64 Å². The number of carbonyl (C=O) groups is 1.